The average Bonchev–Trinajstić information content (AvgIpc) is 2.41. The summed E-state index contributed by atoms with van der Waals surface area (Å²) in [6.45, 7) is 8.31. The minimum Gasteiger partial charge on any atom is -0.461 e. The molecule has 0 aliphatic heterocycles. The molecule has 0 bridgehead atoms. The Hall–Kier alpha value is -1.24. The first-order valence-corrected chi connectivity index (χ1v) is 4.90. The highest BCUT2D eigenvalue weighted by atomic mass is 16.3. The fourth-order valence-electron chi connectivity index (χ4n) is 1.70. The van der Waals surface area contributed by atoms with Crippen molar-refractivity contribution in [3.8, 4) is 0 Å². The van der Waals surface area contributed by atoms with Crippen LogP contribution in [-0.2, 0) is 5.41 Å². The maximum absolute atomic E-state index is 7.88. The van der Waals surface area contributed by atoms with Gasteiger partial charge in [-0.1, -0.05) is 39.0 Å². The lowest BCUT2D eigenvalue weighted by atomic mass is 9.86. The van der Waals surface area contributed by atoms with Gasteiger partial charge in [0.05, 0.1) is 1.37 Å². The van der Waals surface area contributed by atoms with Gasteiger partial charge in [-0.2, -0.15) is 0 Å². The lowest BCUT2D eigenvalue weighted by Crippen LogP contribution is -2.10. The van der Waals surface area contributed by atoms with E-state index >= 15 is 0 Å². The molecule has 0 aliphatic rings. The predicted molar refractivity (Wildman–Crippen MR) is 59.7 cm³/mol. The van der Waals surface area contributed by atoms with E-state index in [0.717, 1.165) is 11.0 Å². The summed E-state index contributed by atoms with van der Waals surface area (Å²) in [5.74, 6) is 0.696. The summed E-state index contributed by atoms with van der Waals surface area (Å²) in [6.07, 6.45) is 0. The quantitative estimate of drug-likeness (QED) is 0.609. The molecule has 1 aromatic carbocycles. The number of benzene rings is 1. The Balaban J connectivity index is 2.83. The lowest BCUT2D eigenvalue weighted by Gasteiger charge is -2.18. The second-order valence-electron chi connectivity index (χ2n) is 4.72. The number of hydrogen-bond donors (Lipinski definition) is 0. The Labute approximate surface area is 86.1 Å². The standard InChI is InChI=1S/C13H16O/c1-9-8-10-6-5-7-11(12(10)14-9)13(2,3)4/h5-8H,1-4H3/i8D. The normalized spacial score (nSPS) is 13.3. The maximum atomic E-state index is 7.88. The topological polar surface area (TPSA) is 13.1 Å². The molecule has 0 unspecified atom stereocenters. The monoisotopic (exact) mass is 189 g/mol. The molecule has 14 heavy (non-hydrogen) atoms. The van der Waals surface area contributed by atoms with Gasteiger partial charge < -0.3 is 4.42 Å². The molecule has 2 rings (SSSR count). The first kappa shape index (κ1) is 8.10. The van der Waals surface area contributed by atoms with Crippen molar-refractivity contribution in [3.63, 3.8) is 0 Å². The summed E-state index contributed by atoms with van der Waals surface area (Å²) in [5, 5.41) is 0.917. The Bertz CT molecular complexity index is 503. The Morgan fingerprint density at radius 2 is 2.00 bits per heavy atom. The molecule has 74 valence electrons. The highest BCUT2D eigenvalue weighted by Crippen LogP contribution is 2.31. The Kier molecular flexibility index (Phi) is 1.66. The van der Waals surface area contributed by atoms with Crippen LogP contribution in [0.4, 0.5) is 0 Å². The van der Waals surface area contributed by atoms with Gasteiger partial charge in [-0.05, 0) is 18.4 Å². The summed E-state index contributed by atoms with van der Waals surface area (Å²) in [6, 6.07) is 6.53. The Morgan fingerprint density at radius 3 is 2.64 bits per heavy atom. The van der Waals surface area contributed by atoms with Gasteiger partial charge in [0.25, 0.3) is 0 Å². The molecule has 0 fully saturated rings. The highest BCUT2D eigenvalue weighted by molar-refractivity contribution is 5.82. The summed E-state index contributed by atoms with van der Waals surface area (Å²) in [7, 11) is 0. The minimum absolute atomic E-state index is 0.0518. The van der Waals surface area contributed by atoms with Gasteiger partial charge in [0.1, 0.15) is 11.3 Å². The van der Waals surface area contributed by atoms with Gasteiger partial charge >= 0.3 is 0 Å². The zero-order valence-corrected chi connectivity index (χ0v) is 9.14. The van der Waals surface area contributed by atoms with Crippen molar-refractivity contribution in [2.24, 2.45) is 0 Å². The summed E-state index contributed by atoms with van der Waals surface area (Å²) in [5.41, 5.74) is 2.09. The van der Waals surface area contributed by atoms with Crippen molar-refractivity contribution in [1.29, 1.82) is 0 Å². The molecule has 0 saturated heterocycles. The molecule has 0 amide bonds. The molecule has 1 heteroatoms. The molecule has 0 N–H and O–H groups in total. The van der Waals surface area contributed by atoms with E-state index in [-0.39, 0.29) is 5.41 Å². The van der Waals surface area contributed by atoms with E-state index in [1.54, 1.807) is 0 Å². The molecule has 1 nitrogen and oxygen atoms in total. The van der Waals surface area contributed by atoms with E-state index in [1.165, 1.54) is 5.56 Å². The number of fused-ring (bicyclic) bond motifs is 1. The molecule has 1 aromatic heterocycles. The first-order chi connectivity index (χ1) is 6.91. The number of rotatable bonds is 0. The fourth-order valence-corrected chi connectivity index (χ4v) is 1.70. The van der Waals surface area contributed by atoms with E-state index in [0.29, 0.717) is 11.8 Å². The van der Waals surface area contributed by atoms with Crippen LogP contribution in [0.5, 0.6) is 0 Å². The van der Waals surface area contributed by atoms with Crippen molar-refractivity contribution >= 4 is 11.0 Å². The van der Waals surface area contributed by atoms with Crippen molar-refractivity contribution in [3.05, 3.63) is 35.6 Å². The number of hydrogen-bond acceptors (Lipinski definition) is 1. The van der Waals surface area contributed by atoms with Crippen LogP contribution in [0, 0.1) is 6.92 Å². The third-order valence-electron chi connectivity index (χ3n) is 2.39. The average molecular weight is 189 g/mol. The molecule has 1 heterocycles. The molecule has 0 radical (unpaired) electrons. The van der Waals surface area contributed by atoms with E-state index in [9.17, 15) is 0 Å². The van der Waals surface area contributed by atoms with Crippen LogP contribution in [0.15, 0.2) is 28.7 Å². The molecular formula is C13H16O. The van der Waals surface area contributed by atoms with Crippen LogP contribution in [0.2, 0.25) is 0 Å². The van der Waals surface area contributed by atoms with Gasteiger partial charge in [-0.3, -0.25) is 0 Å². The third kappa shape index (κ3) is 1.43. The van der Waals surface area contributed by atoms with Crippen LogP contribution >= 0.6 is 0 Å². The van der Waals surface area contributed by atoms with Gasteiger partial charge in [-0.15, -0.1) is 0 Å². The number of para-hydroxylation sites is 1. The number of furan rings is 1. The van der Waals surface area contributed by atoms with E-state index in [4.69, 9.17) is 5.79 Å². The fraction of sp³-hybridized carbons (Fsp3) is 0.385. The molecule has 0 aliphatic carbocycles. The smallest absolute Gasteiger partial charge is 0.137 e. The van der Waals surface area contributed by atoms with Crippen molar-refractivity contribution in [2.45, 2.75) is 33.1 Å². The summed E-state index contributed by atoms with van der Waals surface area (Å²) >= 11 is 0. The second kappa shape index (κ2) is 2.88. The van der Waals surface area contributed by atoms with Gasteiger partial charge in [0.2, 0.25) is 0 Å². The zero-order chi connectivity index (χ0) is 11.2. The Morgan fingerprint density at radius 1 is 1.29 bits per heavy atom. The van der Waals surface area contributed by atoms with Crippen LogP contribution in [-0.4, -0.2) is 0 Å². The highest BCUT2D eigenvalue weighted by Gasteiger charge is 2.18. The minimum atomic E-state index is 0.0518. The predicted octanol–water partition coefficient (Wildman–Crippen LogP) is 4.04. The molecule has 0 spiro atoms. The SMILES string of the molecule is [2H]c1c(C)oc2c(C(C)(C)C)cccc12. The van der Waals surface area contributed by atoms with Gasteiger partial charge in [0, 0.05) is 10.9 Å². The van der Waals surface area contributed by atoms with E-state index in [1.807, 2.05) is 19.1 Å². The largest absolute Gasteiger partial charge is 0.461 e. The lowest BCUT2D eigenvalue weighted by molar-refractivity contribution is 0.542. The zero-order valence-electron chi connectivity index (χ0n) is 10.1. The first-order valence-electron chi connectivity index (χ1n) is 5.40. The van der Waals surface area contributed by atoms with Crippen LogP contribution in [0.3, 0.4) is 0 Å². The van der Waals surface area contributed by atoms with E-state index in [2.05, 4.69) is 26.8 Å². The molecule has 2 aromatic rings. The summed E-state index contributed by atoms with van der Waals surface area (Å²) < 4.78 is 13.5. The van der Waals surface area contributed by atoms with Crippen molar-refractivity contribution in [1.82, 2.24) is 0 Å². The van der Waals surface area contributed by atoms with Crippen molar-refractivity contribution < 1.29 is 5.79 Å². The van der Waals surface area contributed by atoms with Gasteiger partial charge in [0.15, 0.2) is 0 Å². The summed E-state index contributed by atoms with van der Waals surface area (Å²) in [4.78, 5) is 0. The number of aryl methyl sites for hydroxylation is 1. The van der Waals surface area contributed by atoms with Crippen molar-refractivity contribution in [2.75, 3.05) is 0 Å². The van der Waals surface area contributed by atoms with Crippen LogP contribution < -0.4 is 0 Å². The van der Waals surface area contributed by atoms with Crippen LogP contribution in [0.25, 0.3) is 11.0 Å². The molecular weight excluding hydrogens is 172 g/mol. The van der Waals surface area contributed by atoms with E-state index < -0.39 is 0 Å². The maximum Gasteiger partial charge on any atom is 0.137 e. The molecule has 0 saturated carbocycles. The van der Waals surface area contributed by atoms with Gasteiger partial charge in [-0.25, -0.2) is 0 Å². The molecule has 0 atom stereocenters. The van der Waals surface area contributed by atoms with Crippen LogP contribution in [0.1, 0.15) is 33.5 Å². The second-order valence-corrected chi connectivity index (χ2v) is 4.72. The third-order valence-corrected chi connectivity index (χ3v) is 2.39.